The van der Waals surface area contributed by atoms with Crippen molar-refractivity contribution < 1.29 is 13.9 Å². The van der Waals surface area contributed by atoms with Gasteiger partial charge in [0, 0.05) is 30.6 Å². The summed E-state index contributed by atoms with van der Waals surface area (Å²) in [5.41, 5.74) is 0.570. The summed E-state index contributed by atoms with van der Waals surface area (Å²) in [4.78, 5) is 30.7. The zero-order valence-corrected chi connectivity index (χ0v) is 17.4. The number of carbonyl (C=O) groups is 1. The van der Waals surface area contributed by atoms with E-state index in [1.807, 2.05) is 11.4 Å². The van der Waals surface area contributed by atoms with E-state index in [2.05, 4.69) is 16.9 Å². The minimum Gasteiger partial charge on any atom is -0.464 e. The van der Waals surface area contributed by atoms with Crippen LogP contribution in [0.5, 0.6) is 0 Å². The molecule has 1 atom stereocenters. The maximum absolute atomic E-state index is 13.2. The molecular formula is C20H21N3O4S2. The lowest BCUT2D eigenvalue weighted by molar-refractivity contribution is -0.119. The van der Waals surface area contributed by atoms with Crippen LogP contribution in [-0.2, 0) is 16.1 Å². The van der Waals surface area contributed by atoms with E-state index in [-0.39, 0.29) is 23.3 Å². The zero-order valence-electron chi connectivity index (χ0n) is 15.8. The Bertz CT molecular complexity index is 1070. The fourth-order valence-electron chi connectivity index (χ4n) is 3.23. The van der Waals surface area contributed by atoms with Crippen molar-refractivity contribution in [2.75, 3.05) is 18.9 Å². The van der Waals surface area contributed by atoms with Crippen LogP contribution in [0.2, 0.25) is 0 Å². The molecule has 3 aromatic heterocycles. The number of furan rings is 1. The van der Waals surface area contributed by atoms with Crippen molar-refractivity contribution in [3.8, 4) is 11.3 Å². The molecule has 1 N–H and O–H groups in total. The molecule has 0 radical (unpaired) electrons. The molecule has 1 amide bonds. The van der Waals surface area contributed by atoms with Gasteiger partial charge in [-0.3, -0.25) is 14.2 Å². The highest BCUT2D eigenvalue weighted by molar-refractivity contribution is 7.99. The monoisotopic (exact) mass is 431 g/mol. The summed E-state index contributed by atoms with van der Waals surface area (Å²) < 4.78 is 12.5. The Balaban J connectivity index is 1.55. The largest absolute Gasteiger partial charge is 0.464 e. The molecule has 0 unspecified atom stereocenters. The van der Waals surface area contributed by atoms with Crippen molar-refractivity contribution in [1.29, 1.82) is 0 Å². The maximum atomic E-state index is 13.2. The van der Waals surface area contributed by atoms with E-state index in [0.717, 1.165) is 25.0 Å². The second-order valence-corrected chi connectivity index (χ2v) is 8.43. The van der Waals surface area contributed by atoms with Crippen LogP contribution >= 0.6 is 23.1 Å². The Labute approximate surface area is 175 Å². The van der Waals surface area contributed by atoms with Crippen molar-refractivity contribution in [1.82, 2.24) is 14.9 Å². The Hall–Kier alpha value is -2.36. The van der Waals surface area contributed by atoms with Gasteiger partial charge in [-0.2, -0.15) is 0 Å². The number of nitrogens with one attached hydrogen (secondary N) is 1. The van der Waals surface area contributed by atoms with Gasteiger partial charge in [0.05, 0.1) is 23.5 Å². The lowest BCUT2D eigenvalue weighted by Gasteiger charge is -2.12. The molecule has 1 saturated heterocycles. The standard InChI is InChI=1S/C20H21N3O4S2/c1-2-7-23-19(25)17-14(15-6-4-9-27-15)11-28-18(17)22-20(23)29-12-16(24)21-10-13-5-3-8-26-13/h2,4,6,9,11,13H,1,3,5,7-8,10,12H2,(H,21,24)/t13-/m0/s1. The van der Waals surface area contributed by atoms with Gasteiger partial charge < -0.3 is 14.5 Å². The maximum Gasteiger partial charge on any atom is 0.263 e. The molecule has 4 rings (SSSR count). The van der Waals surface area contributed by atoms with Gasteiger partial charge in [0.2, 0.25) is 5.91 Å². The number of amides is 1. The smallest absolute Gasteiger partial charge is 0.263 e. The number of carbonyl (C=O) groups excluding carboxylic acids is 1. The molecule has 9 heteroatoms. The Kier molecular flexibility index (Phi) is 6.17. The minimum absolute atomic E-state index is 0.100. The number of ether oxygens (including phenoxy) is 1. The molecule has 0 spiro atoms. The van der Waals surface area contributed by atoms with Crippen molar-refractivity contribution in [3.63, 3.8) is 0 Å². The first-order chi connectivity index (χ1) is 14.2. The Morgan fingerprint density at radius 1 is 1.52 bits per heavy atom. The molecular weight excluding hydrogens is 410 g/mol. The third-order valence-electron chi connectivity index (χ3n) is 4.64. The van der Waals surface area contributed by atoms with Crippen molar-refractivity contribution >= 4 is 39.2 Å². The SMILES string of the molecule is C=CCn1c(SCC(=O)NC[C@@H]2CCCO2)nc2scc(-c3ccco3)c2c1=O. The number of hydrogen-bond acceptors (Lipinski definition) is 7. The van der Waals surface area contributed by atoms with Crippen LogP contribution in [0.25, 0.3) is 21.5 Å². The summed E-state index contributed by atoms with van der Waals surface area (Å²) in [7, 11) is 0. The second kappa shape index (κ2) is 8.98. The van der Waals surface area contributed by atoms with Crippen molar-refractivity contribution in [2.45, 2.75) is 30.6 Å². The molecule has 4 heterocycles. The van der Waals surface area contributed by atoms with Crippen LogP contribution in [0, 0.1) is 0 Å². The molecule has 1 aliphatic heterocycles. The predicted octanol–water partition coefficient (Wildman–Crippen LogP) is 3.29. The number of rotatable bonds is 8. The van der Waals surface area contributed by atoms with E-state index in [9.17, 15) is 9.59 Å². The van der Waals surface area contributed by atoms with Gasteiger partial charge in [0.1, 0.15) is 10.6 Å². The molecule has 7 nitrogen and oxygen atoms in total. The molecule has 0 aromatic carbocycles. The van der Waals surface area contributed by atoms with Crippen LogP contribution in [0.3, 0.4) is 0 Å². The normalized spacial score (nSPS) is 16.3. The van der Waals surface area contributed by atoms with Crippen LogP contribution in [0.4, 0.5) is 0 Å². The molecule has 0 saturated carbocycles. The van der Waals surface area contributed by atoms with Gasteiger partial charge in [0.15, 0.2) is 5.16 Å². The lowest BCUT2D eigenvalue weighted by atomic mass is 10.2. The van der Waals surface area contributed by atoms with Crippen molar-refractivity contribution in [3.05, 3.63) is 46.8 Å². The highest BCUT2D eigenvalue weighted by atomic mass is 32.2. The fraction of sp³-hybridized carbons (Fsp3) is 0.350. The number of allylic oxidation sites excluding steroid dienone is 1. The average molecular weight is 432 g/mol. The van der Waals surface area contributed by atoms with Gasteiger partial charge in [-0.1, -0.05) is 17.8 Å². The third-order valence-corrected chi connectivity index (χ3v) is 6.49. The predicted molar refractivity (Wildman–Crippen MR) is 114 cm³/mol. The van der Waals surface area contributed by atoms with Crippen molar-refractivity contribution in [2.24, 2.45) is 0 Å². The summed E-state index contributed by atoms with van der Waals surface area (Å²) in [6, 6.07) is 3.60. The summed E-state index contributed by atoms with van der Waals surface area (Å²) in [6.07, 6.45) is 5.33. The first kappa shape index (κ1) is 19.9. The van der Waals surface area contributed by atoms with E-state index in [1.54, 1.807) is 23.0 Å². The van der Waals surface area contributed by atoms with E-state index >= 15 is 0 Å². The zero-order chi connectivity index (χ0) is 20.2. The van der Waals surface area contributed by atoms with Gasteiger partial charge in [0.25, 0.3) is 5.56 Å². The lowest BCUT2D eigenvalue weighted by Crippen LogP contribution is -2.33. The van der Waals surface area contributed by atoms with Gasteiger partial charge in [-0.25, -0.2) is 4.98 Å². The number of thiophene rings is 1. The summed E-state index contributed by atoms with van der Waals surface area (Å²) in [6.45, 7) is 5.33. The number of fused-ring (bicyclic) bond motifs is 1. The van der Waals surface area contributed by atoms with E-state index in [0.29, 0.717) is 34.2 Å². The van der Waals surface area contributed by atoms with Gasteiger partial charge >= 0.3 is 0 Å². The number of thioether (sulfide) groups is 1. The first-order valence-electron chi connectivity index (χ1n) is 9.35. The van der Waals surface area contributed by atoms with Crippen LogP contribution in [0.15, 0.2) is 50.8 Å². The highest BCUT2D eigenvalue weighted by Crippen LogP contribution is 2.32. The quantitative estimate of drug-likeness (QED) is 0.335. The van der Waals surface area contributed by atoms with E-state index in [4.69, 9.17) is 9.15 Å². The molecule has 1 aliphatic rings. The highest BCUT2D eigenvalue weighted by Gasteiger charge is 2.20. The van der Waals surface area contributed by atoms with E-state index in [1.165, 1.54) is 23.1 Å². The third kappa shape index (κ3) is 4.31. The summed E-state index contributed by atoms with van der Waals surface area (Å²) >= 11 is 2.64. The minimum atomic E-state index is -0.162. The number of hydrogen-bond donors (Lipinski definition) is 1. The summed E-state index contributed by atoms with van der Waals surface area (Å²) in [5, 5.41) is 5.79. The topological polar surface area (TPSA) is 86.4 Å². The first-order valence-corrected chi connectivity index (χ1v) is 11.2. The molecule has 0 bridgehead atoms. The Morgan fingerprint density at radius 3 is 3.14 bits per heavy atom. The fourth-order valence-corrected chi connectivity index (χ4v) is 5.04. The van der Waals surface area contributed by atoms with E-state index < -0.39 is 0 Å². The van der Waals surface area contributed by atoms with Crippen LogP contribution in [0.1, 0.15) is 12.8 Å². The van der Waals surface area contributed by atoms with Crippen LogP contribution in [-0.4, -0.2) is 40.5 Å². The molecule has 152 valence electrons. The number of aromatic nitrogens is 2. The molecule has 1 fully saturated rings. The average Bonchev–Trinajstić information content (AvgIpc) is 3.47. The molecule has 0 aliphatic carbocycles. The van der Waals surface area contributed by atoms with Gasteiger partial charge in [-0.15, -0.1) is 17.9 Å². The molecule has 3 aromatic rings. The Morgan fingerprint density at radius 2 is 2.41 bits per heavy atom. The van der Waals surface area contributed by atoms with Gasteiger partial charge in [-0.05, 0) is 25.0 Å². The molecule has 29 heavy (non-hydrogen) atoms. The van der Waals surface area contributed by atoms with Crippen LogP contribution < -0.4 is 10.9 Å². The second-order valence-electron chi connectivity index (χ2n) is 6.63. The summed E-state index contributed by atoms with van der Waals surface area (Å²) in [5.74, 6) is 0.708. The number of nitrogens with zero attached hydrogens (tertiary/aromatic N) is 2.